The van der Waals surface area contributed by atoms with Crippen LogP contribution in [0.15, 0.2) is 30.3 Å². The highest BCUT2D eigenvalue weighted by Crippen LogP contribution is 2.38. The molecular weight excluding hydrogens is 258 g/mol. The number of hydrogen-bond acceptors (Lipinski definition) is 2. The highest BCUT2D eigenvalue weighted by molar-refractivity contribution is 5.17. The molecule has 21 heavy (non-hydrogen) atoms. The van der Waals surface area contributed by atoms with Crippen LogP contribution < -0.4 is 5.32 Å². The number of rotatable bonds is 7. The largest absolute Gasteiger partial charge is 0.374 e. The van der Waals surface area contributed by atoms with E-state index < -0.39 is 0 Å². The van der Waals surface area contributed by atoms with Gasteiger partial charge in [0.15, 0.2) is 0 Å². The average Bonchev–Trinajstić information content (AvgIpc) is 2.48. The van der Waals surface area contributed by atoms with Gasteiger partial charge in [-0.05, 0) is 44.2 Å². The fraction of sp³-hybridized carbons (Fsp3) is 0.684. The van der Waals surface area contributed by atoms with Gasteiger partial charge in [0.25, 0.3) is 0 Å². The maximum atomic E-state index is 6.37. The average molecular weight is 289 g/mol. The zero-order chi connectivity index (χ0) is 15.1. The van der Waals surface area contributed by atoms with Crippen LogP contribution in [0.25, 0.3) is 0 Å². The normalized spacial score (nSPS) is 27.5. The molecule has 0 aliphatic heterocycles. The van der Waals surface area contributed by atoms with E-state index in [2.05, 4.69) is 56.4 Å². The van der Waals surface area contributed by atoms with Gasteiger partial charge in [-0.1, -0.05) is 57.0 Å². The maximum absolute atomic E-state index is 6.37. The lowest BCUT2D eigenvalue weighted by atomic mass is 9.73. The quantitative estimate of drug-likeness (QED) is 0.812. The Balaban J connectivity index is 2.19. The summed E-state index contributed by atoms with van der Waals surface area (Å²) in [7, 11) is 0. The summed E-state index contributed by atoms with van der Waals surface area (Å²) in [4.78, 5) is 0. The second-order valence-electron chi connectivity index (χ2n) is 6.50. The predicted molar refractivity (Wildman–Crippen MR) is 89.6 cm³/mol. The minimum atomic E-state index is 0.0122. The zero-order valence-corrected chi connectivity index (χ0v) is 13.9. The van der Waals surface area contributed by atoms with Crippen molar-refractivity contribution in [3.05, 3.63) is 35.9 Å². The molecule has 0 bridgehead atoms. The Morgan fingerprint density at radius 1 is 1.29 bits per heavy atom. The van der Waals surface area contributed by atoms with E-state index in [4.69, 9.17) is 4.74 Å². The molecule has 1 aromatic rings. The summed E-state index contributed by atoms with van der Waals surface area (Å²) < 4.78 is 6.37. The molecule has 0 heterocycles. The van der Waals surface area contributed by atoms with E-state index in [1.54, 1.807) is 0 Å². The van der Waals surface area contributed by atoms with Gasteiger partial charge in [-0.15, -0.1) is 0 Å². The molecule has 118 valence electrons. The highest BCUT2D eigenvalue weighted by atomic mass is 16.5. The Morgan fingerprint density at radius 2 is 2.05 bits per heavy atom. The van der Waals surface area contributed by atoms with Crippen molar-refractivity contribution in [3.63, 3.8) is 0 Å². The van der Waals surface area contributed by atoms with Crippen LogP contribution in [0.4, 0.5) is 0 Å². The van der Waals surface area contributed by atoms with Crippen LogP contribution >= 0.6 is 0 Å². The number of nitrogens with one attached hydrogen (secondary N) is 1. The smallest absolute Gasteiger partial charge is 0.0840 e. The third-order valence-corrected chi connectivity index (χ3v) is 4.79. The van der Waals surface area contributed by atoms with Crippen molar-refractivity contribution in [2.24, 2.45) is 5.92 Å². The van der Waals surface area contributed by atoms with E-state index in [0.717, 1.165) is 25.5 Å². The van der Waals surface area contributed by atoms with Gasteiger partial charge < -0.3 is 10.1 Å². The monoisotopic (exact) mass is 289 g/mol. The summed E-state index contributed by atoms with van der Waals surface area (Å²) in [5.41, 5.74) is 1.42. The molecule has 1 aliphatic rings. The van der Waals surface area contributed by atoms with Crippen LogP contribution in [0.1, 0.15) is 52.0 Å². The number of ether oxygens (including phenoxy) is 1. The SMILES string of the molecule is CCNC(Cc1ccccc1)C1(OCC)CCCC(C)C1. The molecule has 3 atom stereocenters. The van der Waals surface area contributed by atoms with E-state index >= 15 is 0 Å². The number of hydrogen-bond donors (Lipinski definition) is 1. The van der Waals surface area contributed by atoms with Gasteiger partial charge in [0, 0.05) is 12.6 Å². The Kier molecular flexibility index (Phi) is 6.25. The third kappa shape index (κ3) is 4.31. The van der Waals surface area contributed by atoms with Crippen molar-refractivity contribution < 1.29 is 4.74 Å². The first-order valence-corrected chi connectivity index (χ1v) is 8.61. The topological polar surface area (TPSA) is 21.3 Å². The van der Waals surface area contributed by atoms with Gasteiger partial charge in [0.05, 0.1) is 5.60 Å². The standard InChI is InChI=1S/C19H31NO/c1-4-20-18(14-17-11-7-6-8-12-17)19(21-5-2)13-9-10-16(3)15-19/h6-8,11-12,16,18,20H,4-5,9-10,13-15H2,1-3H3. The van der Waals surface area contributed by atoms with Crippen molar-refractivity contribution in [1.29, 1.82) is 0 Å². The summed E-state index contributed by atoms with van der Waals surface area (Å²) in [6.07, 6.45) is 6.07. The molecule has 0 aromatic heterocycles. The Labute approximate surface area is 130 Å². The lowest BCUT2D eigenvalue weighted by Crippen LogP contribution is -2.56. The van der Waals surface area contributed by atoms with Crippen molar-refractivity contribution in [3.8, 4) is 0 Å². The van der Waals surface area contributed by atoms with Crippen molar-refractivity contribution >= 4 is 0 Å². The summed E-state index contributed by atoms with van der Waals surface area (Å²) in [6.45, 7) is 8.51. The van der Waals surface area contributed by atoms with Crippen LogP contribution in [-0.4, -0.2) is 24.8 Å². The molecule has 1 aliphatic carbocycles. The Morgan fingerprint density at radius 3 is 2.67 bits per heavy atom. The maximum Gasteiger partial charge on any atom is 0.0840 e. The predicted octanol–water partition coefficient (Wildman–Crippen LogP) is 4.19. The molecular formula is C19H31NO. The van der Waals surface area contributed by atoms with Crippen LogP contribution in [0, 0.1) is 5.92 Å². The van der Waals surface area contributed by atoms with E-state index in [-0.39, 0.29) is 5.60 Å². The molecule has 2 heteroatoms. The van der Waals surface area contributed by atoms with E-state index in [1.165, 1.54) is 31.2 Å². The minimum absolute atomic E-state index is 0.0122. The summed E-state index contributed by atoms with van der Waals surface area (Å²) >= 11 is 0. The second kappa shape index (κ2) is 7.95. The Bertz CT molecular complexity index is 401. The van der Waals surface area contributed by atoms with Crippen LogP contribution in [-0.2, 0) is 11.2 Å². The van der Waals surface area contributed by atoms with Gasteiger partial charge >= 0.3 is 0 Å². The molecule has 2 rings (SSSR count). The van der Waals surface area contributed by atoms with E-state index in [0.29, 0.717) is 6.04 Å². The molecule has 2 nitrogen and oxygen atoms in total. The second-order valence-corrected chi connectivity index (χ2v) is 6.50. The van der Waals surface area contributed by atoms with Crippen molar-refractivity contribution in [1.82, 2.24) is 5.32 Å². The van der Waals surface area contributed by atoms with Crippen molar-refractivity contribution in [2.75, 3.05) is 13.2 Å². The molecule has 1 fully saturated rings. The fourth-order valence-electron chi connectivity index (χ4n) is 3.92. The lowest BCUT2D eigenvalue weighted by Gasteiger charge is -2.46. The van der Waals surface area contributed by atoms with Gasteiger partial charge in [-0.3, -0.25) is 0 Å². The molecule has 1 N–H and O–H groups in total. The molecule has 1 aromatic carbocycles. The van der Waals surface area contributed by atoms with Crippen LogP contribution in [0.5, 0.6) is 0 Å². The minimum Gasteiger partial charge on any atom is -0.374 e. The fourth-order valence-corrected chi connectivity index (χ4v) is 3.92. The van der Waals surface area contributed by atoms with Crippen LogP contribution in [0.2, 0.25) is 0 Å². The third-order valence-electron chi connectivity index (χ3n) is 4.79. The van der Waals surface area contributed by atoms with Gasteiger partial charge in [-0.25, -0.2) is 0 Å². The molecule has 0 amide bonds. The first kappa shape index (κ1) is 16.5. The van der Waals surface area contributed by atoms with Gasteiger partial charge in [-0.2, -0.15) is 0 Å². The summed E-state index contributed by atoms with van der Waals surface area (Å²) in [6, 6.07) is 11.2. The Hall–Kier alpha value is -0.860. The first-order valence-electron chi connectivity index (χ1n) is 8.61. The molecule has 0 radical (unpaired) electrons. The highest BCUT2D eigenvalue weighted by Gasteiger charge is 2.42. The lowest BCUT2D eigenvalue weighted by molar-refractivity contribution is -0.0998. The van der Waals surface area contributed by atoms with Crippen LogP contribution in [0.3, 0.4) is 0 Å². The molecule has 3 unspecified atom stereocenters. The summed E-state index contributed by atoms with van der Waals surface area (Å²) in [5.74, 6) is 0.766. The molecule has 0 saturated heterocycles. The van der Waals surface area contributed by atoms with E-state index in [9.17, 15) is 0 Å². The molecule has 0 spiro atoms. The zero-order valence-electron chi connectivity index (χ0n) is 13.9. The van der Waals surface area contributed by atoms with Gasteiger partial charge in [0.2, 0.25) is 0 Å². The number of benzene rings is 1. The number of likely N-dealkylation sites (N-methyl/N-ethyl adjacent to an activating group) is 1. The van der Waals surface area contributed by atoms with Gasteiger partial charge in [0.1, 0.15) is 0 Å². The van der Waals surface area contributed by atoms with Crippen molar-refractivity contribution in [2.45, 2.75) is 64.5 Å². The first-order chi connectivity index (χ1) is 10.2. The van der Waals surface area contributed by atoms with E-state index in [1.807, 2.05) is 0 Å². The summed E-state index contributed by atoms with van der Waals surface area (Å²) in [5, 5.41) is 3.72. The molecule has 1 saturated carbocycles.